The summed E-state index contributed by atoms with van der Waals surface area (Å²) < 4.78 is 10.6. The molecule has 1 aliphatic rings. The van der Waals surface area contributed by atoms with Gasteiger partial charge in [-0.2, -0.15) is 0 Å². The Labute approximate surface area is 209 Å². The van der Waals surface area contributed by atoms with Gasteiger partial charge in [-0.1, -0.05) is 51.8 Å². The van der Waals surface area contributed by atoms with E-state index < -0.39 is 0 Å². The van der Waals surface area contributed by atoms with Crippen molar-refractivity contribution in [2.45, 2.75) is 71.5 Å². The fourth-order valence-corrected chi connectivity index (χ4v) is 4.61. The highest BCUT2D eigenvalue weighted by molar-refractivity contribution is 6.05. The van der Waals surface area contributed by atoms with Gasteiger partial charge in [0.1, 0.15) is 0 Å². The molecule has 1 aliphatic carbocycles. The number of rotatable bonds is 8. The lowest BCUT2D eigenvalue weighted by molar-refractivity contribution is -0.137. The van der Waals surface area contributed by atoms with E-state index in [9.17, 15) is 9.59 Å². The van der Waals surface area contributed by atoms with Gasteiger partial charge < -0.3 is 25.4 Å². The van der Waals surface area contributed by atoms with Gasteiger partial charge in [0.2, 0.25) is 5.91 Å². The van der Waals surface area contributed by atoms with Crippen LogP contribution in [0.1, 0.15) is 68.8 Å². The summed E-state index contributed by atoms with van der Waals surface area (Å²) in [6, 6.07) is 12.6. The molecule has 3 rings (SSSR count). The second kappa shape index (κ2) is 11.6. The van der Waals surface area contributed by atoms with E-state index in [0.717, 1.165) is 31.2 Å². The third kappa shape index (κ3) is 6.98. The van der Waals surface area contributed by atoms with Crippen LogP contribution in [0.25, 0.3) is 0 Å². The van der Waals surface area contributed by atoms with Crippen LogP contribution in [-0.4, -0.2) is 43.0 Å². The van der Waals surface area contributed by atoms with Crippen molar-refractivity contribution in [3.63, 3.8) is 0 Å². The van der Waals surface area contributed by atoms with Gasteiger partial charge in [-0.05, 0) is 48.1 Å². The van der Waals surface area contributed by atoms with E-state index >= 15 is 0 Å². The van der Waals surface area contributed by atoms with E-state index in [0.29, 0.717) is 35.7 Å². The van der Waals surface area contributed by atoms with E-state index in [2.05, 4.69) is 26.1 Å². The maximum Gasteiger partial charge on any atom is 0.255 e. The van der Waals surface area contributed by atoms with Crippen LogP contribution in [0.15, 0.2) is 42.5 Å². The minimum Gasteiger partial charge on any atom is -0.493 e. The summed E-state index contributed by atoms with van der Waals surface area (Å²) >= 11 is 0. The van der Waals surface area contributed by atoms with Gasteiger partial charge in [0.15, 0.2) is 11.5 Å². The lowest BCUT2D eigenvalue weighted by atomic mass is 9.87. The number of nitrogens with zero attached hydrogens (tertiary/aromatic N) is 1. The molecule has 7 nitrogen and oxygen atoms in total. The first kappa shape index (κ1) is 26.5. The fraction of sp³-hybridized carbons (Fsp3) is 0.500. The number of para-hydroxylation sites is 1. The van der Waals surface area contributed by atoms with Crippen molar-refractivity contribution < 1.29 is 19.1 Å². The molecule has 0 saturated heterocycles. The Kier molecular flexibility index (Phi) is 8.78. The van der Waals surface area contributed by atoms with E-state index in [1.165, 1.54) is 7.11 Å². The molecule has 190 valence electrons. The maximum atomic E-state index is 13.5. The Morgan fingerprint density at radius 3 is 2.37 bits per heavy atom. The first-order chi connectivity index (χ1) is 16.6. The normalized spacial score (nSPS) is 18.0. The molecule has 0 aromatic heterocycles. The molecular formula is C28H39N3O4. The molecule has 0 bridgehead atoms. The number of methoxy groups -OCH3 is 2. The van der Waals surface area contributed by atoms with Gasteiger partial charge in [-0.3, -0.25) is 9.59 Å². The zero-order valence-corrected chi connectivity index (χ0v) is 21.6. The molecule has 0 spiro atoms. The van der Waals surface area contributed by atoms with Crippen LogP contribution in [0.3, 0.4) is 0 Å². The van der Waals surface area contributed by atoms with Crippen molar-refractivity contribution in [1.82, 2.24) is 4.90 Å². The third-order valence-electron chi connectivity index (χ3n) is 6.44. The summed E-state index contributed by atoms with van der Waals surface area (Å²) in [6.07, 6.45) is 4.42. The van der Waals surface area contributed by atoms with Gasteiger partial charge in [-0.15, -0.1) is 0 Å². The summed E-state index contributed by atoms with van der Waals surface area (Å²) in [5, 5.41) is 3.02. The predicted molar refractivity (Wildman–Crippen MR) is 139 cm³/mol. The molecule has 35 heavy (non-hydrogen) atoms. The number of carbonyl (C=O) groups is 2. The van der Waals surface area contributed by atoms with Crippen LogP contribution in [-0.2, 0) is 11.3 Å². The first-order valence-corrected chi connectivity index (χ1v) is 12.3. The van der Waals surface area contributed by atoms with Crippen molar-refractivity contribution in [1.29, 1.82) is 0 Å². The average Bonchev–Trinajstić information content (AvgIpc) is 2.82. The molecule has 0 radical (unpaired) electrons. The number of nitrogens with two attached hydrogens (primary N) is 1. The SMILES string of the molecule is COc1ccc(C(=O)Nc2ccccc2CN(C(=O)CC(C)(C)C)C2CCCCC2N)cc1OC. The number of hydrogen-bond donors (Lipinski definition) is 2. The van der Waals surface area contributed by atoms with Crippen molar-refractivity contribution >= 4 is 17.5 Å². The molecule has 2 aromatic rings. The minimum absolute atomic E-state index is 0.00629. The maximum absolute atomic E-state index is 13.5. The van der Waals surface area contributed by atoms with Crippen LogP contribution in [0.4, 0.5) is 5.69 Å². The summed E-state index contributed by atoms with van der Waals surface area (Å²) in [7, 11) is 3.09. The quantitative estimate of drug-likeness (QED) is 0.554. The summed E-state index contributed by atoms with van der Waals surface area (Å²) in [6.45, 7) is 6.61. The molecule has 0 heterocycles. The summed E-state index contributed by atoms with van der Waals surface area (Å²) in [5.74, 6) is 0.876. The molecule has 1 fully saturated rings. The second-order valence-electron chi connectivity index (χ2n) is 10.5. The number of amides is 2. The van der Waals surface area contributed by atoms with E-state index in [-0.39, 0.29) is 29.3 Å². The molecule has 2 aromatic carbocycles. The molecule has 2 unspecified atom stereocenters. The number of ether oxygens (including phenoxy) is 2. The van der Waals surface area contributed by atoms with Gasteiger partial charge in [0, 0.05) is 36.3 Å². The number of nitrogens with one attached hydrogen (secondary N) is 1. The average molecular weight is 482 g/mol. The van der Waals surface area contributed by atoms with Gasteiger partial charge in [-0.25, -0.2) is 0 Å². The van der Waals surface area contributed by atoms with Crippen molar-refractivity contribution in [3.8, 4) is 11.5 Å². The minimum atomic E-state index is -0.264. The highest BCUT2D eigenvalue weighted by Crippen LogP contribution is 2.30. The van der Waals surface area contributed by atoms with E-state index in [1.807, 2.05) is 29.2 Å². The Morgan fingerprint density at radius 2 is 1.71 bits per heavy atom. The van der Waals surface area contributed by atoms with Crippen LogP contribution < -0.4 is 20.5 Å². The molecule has 1 saturated carbocycles. The lowest BCUT2D eigenvalue weighted by Crippen LogP contribution is -2.52. The number of anilines is 1. The monoisotopic (exact) mass is 481 g/mol. The highest BCUT2D eigenvalue weighted by atomic mass is 16.5. The summed E-state index contributed by atoms with van der Waals surface area (Å²) in [4.78, 5) is 28.5. The van der Waals surface area contributed by atoms with Crippen LogP contribution >= 0.6 is 0 Å². The number of carbonyl (C=O) groups excluding carboxylic acids is 2. The fourth-order valence-electron chi connectivity index (χ4n) is 4.61. The summed E-state index contributed by atoms with van der Waals surface area (Å²) in [5.41, 5.74) is 8.36. The van der Waals surface area contributed by atoms with Crippen molar-refractivity contribution in [3.05, 3.63) is 53.6 Å². The zero-order chi connectivity index (χ0) is 25.6. The Morgan fingerprint density at radius 1 is 1.03 bits per heavy atom. The van der Waals surface area contributed by atoms with Crippen molar-refractivity contribution in [2.75, 3.05) is 19.5 Å². The molecule has 2 amide bonds. The standard InChI is InChI=1S/C28H39N3O4/c1-28(2,3)17-26(32)31(23-13-9-7-11-21(23)29)18-20-10-6-8-12-22(20)30-27(33)19-14-15-24(34-4)25(16-19)35-5/h6,8,10,12,14-16,21,23H,7,9,11,13,17-18,29H2,1-5H3,(H,30,33). The van der Waals surface area contributed by atoms with E-state index in [1.54, 1.807) is 25.3 Å². The largest absolute Gasteiger partial charge is 0.493 e. The highest BCUT2D eigenvalue weighted by Gasteiger charge is 2.33. The molecule has 0 aliphatic heterocycles. The second-order valence-corrected chi connectivity index (χ2v) is 10.5. The lowest BCUT2D eigenvalue weighted by Gasteiger charge is -2.40. The van der Waals surface area contributed by atoms with Gasteiger partial charge in [0.05, 0.1) is 14.2 Å². The molecule has 2 atom stereocenters. The predicted octanol–water partition coefficient (Wildman–Crippen LogP) is 4.99. The topological polar surface area (TPSA) is 93.9 Å². The number of benzene rings is 2. The van der Waals surface area contributed by atoms with Crippen LogP contribution in [0.2, 0.25) is 0 Å². The molecule has 3 N–H and O–H groups in total. The molecule has 7 heteroatoms. The van der Waals surface area contributed by atoms with E-state index in [4.69, 9.17) is 15.2 Å². The Balaban J connectivity index is 1.86. The molecular weight excluding hydrogens is 442 g/mol. The van der Waals surface area contributed by atoms with Crippen molar-refractivity contribution in [2.24, 2.45) is 11.1 Å². The number of hydrogen-bond acceptors (Lipinski definition) is 5. The Hall–Kier alpha value is -3.06. The van der Waals surface area contributed by atoms with Gasteiger partial charge >= 0.3 is 0 Å². The van der Waals surface area contributed by atoms with Crippen LogP contribution in [0, 0.1) is 5.41 Å². The third-order valence-corrected chi connectivity index (χ3v) is 6.44. The van der Waals surface area contributed by atoms with Gasteiger partial charge in [0.25, 0.3) is 5.91 Å². The zero-order valence-electron chi connectivity index (χ0n) is 21.6. The Bertz CT molecular complexity index is 1030. The van der Waals surface area contributed by atoms with Crippen LogP contribution in [0.5, 0.6) is 11.5 Å². The smallest absolute Gasteiger partial charge is 0.255 e. The first-order valence-electron chi connectivity index (χ1n) is 12.3.